The first-order valence-electron chi connectivity index (χ1n) is 10.9. The van der Waals surface area contributed by atoms with Gasteiger partial charge in [0, 0.05) is 32.2 Å². The van der Waals surface area contributed by atoms with E-state index in [0.29, 0.717) is 46.0 Å². The molecule has 2 aromatic carbocycles. The van der Waals surface area contributed by atoms with Crippen molar-refractivity contribution < 1.29 is 17.9 Å². The molecule has 2 N–H and O–H groups in total. The second-order valence-corrected chi connectivity index (χ2v) is 7.82. The molecule has 0 aliphatic carbocycles. The number of halogens is 3. The Labute approximate surface area is 203 Å². The Kier molecular flexibility index (Phi) is 5.88. The van der Waals surface area contributed by atoms with Crippen molar-refractivity contribution in [1.29, 1.82) is 0 Å². The van der Waals surface area contributed by atoms with Gasteiger partial charge in [0.15, 0.2) is 0 Å². The van der Waals surface area contributed by atoms with Gasteiger partial charge in [-0.25, -0.2) is 19.9 Å². The zero-order valence-corrected chi connectivity index (χ0v) is 19.2. The molecule has 0 radical (unpaired) electrons. The highest BCUT2D eigenvalue weighted by atomic mass is 19.4. The second kappa shape index (κ2) is 9.17. The minimum atomic E-state index is -4.43. The summed E-state index contributed by atoms with van der Waals surface area (Å²) < 4.78 is 46.8. The third-order valence-corrected chi connectivity index (χ3v) is 5.46. The van der Waals surface area contributed by atoms with Gasteiger partial charge in [-0.05, 0) is 60.7 Å². The van der Waals surface area contributed by atoms with Crippen LogP contribution in [0.1, 0.15) is 5.56 Å². The fourth-order valence-electron chi connectivity index (χ4n) is 3.63. The number of pyridine rings is 1. The normalized spacial score (nSPS) is 11.5. The van der Waals surface area contributed by atoms with Gasteiger partial charge in [-0.15, -0.1) is 0 Å². The summed E-state index contributed by atoms with van der Waals surface area (Å²) in [6, 6.07) is 16.0. The largest absolute Gasteiger partial charge is 0.438 e. The van der Waals surface area contributed by atoms with Gasteiger partial charge in [0.2, 0.25) is 17.8 Å². The zero-order chi connectivity index (χ0) is 25.3. The minimum Gasteiger partial charge on any atom is -0.438 e. The highest BCUT2D eigenvalue weighted by molar-refractivity contribution is 5.80. The number of rotatable bonds is 6. The van der Waals surface area contributed by atoms with E-state index in [-0.39, 0.29) is 5.52 Å². The lowest BCUT2D eigenvalue weighted by Gasteiger charge is -2.11. The predicted octanol–water partition coefficient (Wildman–Crippen LogP) is 6.02. The van der Waals surface area contributed by atoms with Crippen LogP contribution in [0.15, 0.2) is 73.1 Å². The average Bonchev–Trinajstić information content (AvgIpc) is 3.19. The monoisotopic (exact) mass is 491 g/mol. The number of anilines is 3. The van der Waals surface area contributed by atoms with E-state index in [0.717, 1.165) is 12.1 Å². The number of hydrogen-bond acceptors (Lipinski definition) is 7. The molecular weight excluding hydrogens is 471 g/mol. The topological polar surface area (TPSA) is 89.8 Å². The molecule has 0 amide bonds. The molecule has 5 aromatic rings. The summed E-state index contributed by atoms with van der Waals surface area (Å²) in [6.07, 6.45) is -1.15. The van der Waals surface area contributed by atoms with E-state index in [1.807, 2.05) is 6.07 Å². The van der Waals surface area contributed by atoms with Crippen molar-refractivity contribution in [1.82, 2.24) is 24.5 Å². The minimum absolute atomic E-state index is 0.253. The van der Waals surface area contributed by atoms with Gasteiger partial charge in [0.05, 0.1) is 27.9 Å². The maximum absolute atomic E-state index is 13.0. The standard InChI is InChI=1S/C25H20F3N7O/c1-29-23-31-13-11-19(33-23)18-4-3-12-30-22(18)36-17-8-6-16(7-9-17)32-24-34-20-14-15(25(26,27)28)5-10-21(20)35(24)2/h3-14H,1-2H3,(H,32,34)(H,29,31,33). The summed E-state index contributed by atoms with van der Waals surface area (Å²) in [5.41, 5.74) is 2.15. The van der Waals surface area contributed by atoms with Crippen molar-refractivity contribution >= 4 is 28.6 Å². The van der Waals surface area contributed by atoms with Gasteiger partial charge in [-0.3, -0.25) is 0 Å². The van der Waals surface area contributed by atoms with E-state index < -0.39 is 11.7 Å². The molecule has 3 heterocycles. The fraction of sp³-hybridized carbons (Fsp3) is 0.120. The van der Waals surface area contributed by atoms with Crippen molar-refractivity contribution in [2.45, 2.75) is 6.18 Å². The summed E-state index contributed by atoms with van der Waals surface area (Å²) in [5.74, 6) is 1.82. The Morgan fingerprint density at radius 2 is 1.72 bits per heavy atom. The lowest BCUT2D eigenvalue weighted by molar-refractivity contribution is -0.137. The zero-order valence-electron chi connectivity index (χ0n) is 19.2. The van der Waals surface area contributed by atoms with Gasteiger partial charge < -0.3 is 19.9 Å². The molecule has 3 aromatic heterocycles. The number of hydrogen-bond donors (Lipinski definition) is 2. The first kappa shape index (κ1) is 23.1. The third kappa shape index (κ3) is 4.63. The third-order valence-electron chi connectivity index (χ3n) is 5.46. The van der Waals surface area contributed by atoms with Crippen molar-refractivity contribution in [3.8, 4) is 22.9 Å². The molecule has 182 valence electrons. The molecule has 0 bridgehead atoms. The number of ether oxygens (including phenoxy) is 1. The van der Waals surface area contributed by atoms with Crippen LogP contribution in [0, 0.1) is 0 Å². The van der Waals surface area contributed by atoms with Crippen molar-refractivity contribution in [2.75, 3.05) is 17.7 Å². The maximum atomic E-state index is 13.0. The van der Waals surface area contributed by atoms with Crippen LogP contribution in [0.4, 0.5) is 30.8 Å². The first-order chi connectivity index (χ1) is 17.3. The Morgan fingerprint density at radius 1 is 0.917 bits per heavy atom. The van der Waals surface area contributed by atoms with Gasteiger partial charge in [0.25, 0.3) is 0 Å². The van der Waals surface area contributed by atoms with E-state index in [1.54, 1.807) is 67.5 Å². The highest BCUT2D eigenvalue weighted by Crippen LogP contribution is 2.33. The lowest BCUT2D eigenvalue weighted by atomic mass is 10.2. The molecule has 0 aliphatic rings. The van der Waals surface area contributed by atoms with Gasteiger partial charge in [-0.2, -0.15) is 13.2 Å². The van der Waals surface area contributed by atoms with Gasteiger partial charge in [-0.1, -0.05) is 0 Å². The number of aryl methyl sites for hydroxylation is 1. The number of nitrogens with zero attached hydrogens (tertiary/aromatic N) is 5. The van der Waals surface area contributed by atoms with E-state index >= 15 is 0 Å². The molecule has 36 heavy (non-hydrogen) atoms. The number of aromatic nitrogens is 5. The first-order valence-corrected chi connectivity index (χ1v) is 10.9. The van der Waals surface area contributed by atoms with Crippen LogP contribution >= 0.6 is 0 Å². The number of fused-ring (bicyclic) bond motifs is 1. The molecule has 0 saturated heterocycles. The molecule has 5 rings (SSSR count). The summed E-state index contributed by atoms with van der Waals surface area (Å²) >= 11 is 0. The molecule has 8 nitrogen and oxygen atoms in total. The Morgan fingerprint density at radius 3 is 2.47 bits per heavy atom. The lowest BCUT2D eigenvalue weighted by Crippen LogP contribution is -2.04. The number of nitrogens with one attached hydrogen (secondary N) is 2. The van der Waals surface area contributed by atoms with E-state index in [2.05, 4.69) is 30.6 Å². The van der Waals surface area contributed by atoms with Crippen LogP contribution in [-0.2, 0) is 13.2 Å². The van der Waals surface area contributed by atoms with E-state index in [4.69, 9.17) is 4.74 Å². The second-order valence-electron chi connectivity index (χ2n) is 7.82. The van der Waals surface area contributed by atoms with Crippen molar-refractivity contribution in [3.05, 3.63) is 78.6 Å². The molecule has 11 heteroatoms. The van der Waals surface area contributed by atoms with Crippen LogP contribution in [-0.4, -0.2) is 31.6 Å². The molecule has 0 saturated carbocycles. The summed E-state index contributed by atoms with van der Waals surface area (Å²) in [5, 5.41) is 6.04. The Hall–Kier alpha value is -4.67. The van der Waals surface area contributed by atoms with Crippen LogP contribution in [0.3, 0.4) is 0 Å². The summed E-state index contributed by atoms with van der Waals surface area (Å²) in [4.78, 5) is 17.2. The SMILES string of the molecule is CNc1nccc(-c2cccnc2Oc2ccc(Nc3nc4cc(C(F)(F)F)ccc4n3C)cc2)n1. The van der Waals surface area contributed by atoms with E-state index in [1.165, 1.54) is 6.07 Å². The number of benzene rings is 2. The number of imidazole rings is 1. The number of alkyl halides is 3. The predicted molar refractivity (Wildman–Crippen MR) is 130 cm³/mol. The average molecular weight is 491 g/mol. The molecule has 0 aliphatic heterocycles. The Balaban J connectivity index is 1.36. The van der Waals surface area contributed by atoms with Crippen LogP contribution in [0.2, 0.25) is 0 Å². The Bertz CT molecular complexity index is 1530. The molecule has 0 fully saturated rings. The molecular formula is C25H20F3N7O. The quantitative estimate of drug-likeness (QED) is 0.300. The van der Waals surface area contributed by atoms with E-state index in [9.17, 15) is 13.2 Å². The maximum Gasteiger partial charge on any atom is 0.416 e. The summed E-state index contributed by atoms with van der Waals surface area (Å²) in [7, 11) is 3.47. The van der Waals surface area contributed by atoms with Crippen molar-refractivity contribution in [2.24, 2.45) is 7.05 Å². The smallest absolute Gasteiger partial charge is 0.416 e. The fourth-order valence-corrected chi connectivity index (χ4v) is 3.63. The molecule has 0 spiro atoms. The van der Waals surface area contributed by atoms with Crippen LogP contribution < -0.4 is 15.4 Å². The van der Waals surface area contributed by atoms with Crippen molar-refractivity contribution in [3.63, 3.8) is 0 Å². The van der Waals surface area contributed by atoms with Gasteiger partial charge >= 0.3 is 6.18 Å². The highest BCUT2D eigenvalue weighted by Gasteiger charge is 2.31. The summed E-state index contributed by atoms with van der Waals surface area (Å²) in [6.45, 7) is 0. The van der Waals surface area contributed by atoms with Crippen LogP contribution in [0.5, 0.6) is 11.6 Å². The van der Waals surface area contributed by atoms with Crippen LogP contribution in [0.25, 0.3) is 22.3 Å². The molecule has 0 unspecified atom stereocenters. The molecule has 0 atom stereocenters. The van der Waals surface area contributed by atoms with Gasteiger partial charge in [0.1, 0.15) is 5.75 Å².